The summed E-state index contributed by atoms with van der Waals surface area (Å²) in [4.78, 5) is 24.2. The number of carbonyl (C=O) groups is 2. The Morgan fingerprint density at radius 2 is 1.52 bits per heavy atom. The summed E-state index contributed by atoms with van der Waals surface area (Å²) >= 11 is 6.44. The molecule has 0 heterocycles. The van der Waals surface area contributed by atoms with Crippen molar-refractivity contribution in [1.29, 1.82) is 0 Å². The van der Waals surface area contributed by atoms with Crippen molar-refractivity contribution in [2.24, 2.45) is 11.7 Å². The van der Waals surface area contributed by atoms with Gasteiger partial charge in [0, 0.05) is 29.7 Å². The van der Waals surface area contributed by atoms with E-state index in [0.717, 1.165) is 19.1 Å². The quantitative estimate of drug-likeness (QED) is 0.112. The topological polar surface area (TPSA) is 125 Å². The van der Waals surface area contributed by atoms with Crippen LogP contribution in [0.15, 0.2) is 24.3 Å². The number of carbonyl (C=O) groups excluding carboxylic acids is 2. The first-order valence-electron chi connectivity index (χ1n) is 11.2. The van der Waals surface area contributed by atoms with Crippen LogP contribution in [0.3, 0.4) is 0 Å². The van der Waals surface area contributed by atoms with E-state index < -0.39 is 23.4 Å². The highest BCUT2D eigenvalue weighted by Crippen LogP contribution is 2.32. The van der Waals surface area contributed by atoms with Crippen LogP contribution in [0.1, 0.15) is 82.1 Å². The summed E-state index contributed by atoms with van der Waals surface area (Å²) in [5, 5.41) is 18.5. The summed E-state index contributed by atoms with van der Waals surface area (Å²) in [6.45, 7) is 8.01. The van der Waals surface area contributed by atoms with Crippen LogP contribution in [0, 0.1) is 17.8 Å². The lowest BCUT2D eigenvalue weighted by atomic mass is 9.72. The van der Waals surface area contributed by atoms with E-state index in [-0.39, 0.29) is 5.92 Å². The largest absolute Gasteiger partial charge is 0.400 e. The first-order chi connectivity index (χ1) is 15.9. The van der Waals surface area contributed by atoms with Crippen molar-refractivity contribution in [3.8, 4) is 11.8 Å². The van der Waals surface area contributed by atoms with Crippen LogP contribution in [-0.4, -0.2) is 40.8 Å². The fraction of sp³-hybridized carbons (Fsp3) is 0.583. The molecule has 9 heteroatoms. The molecular formula is C24H41N3O4S2. The molecule has 1 aromatic rings. The Hall–Kier alpha value is -1.70. The first-order valence-corrected chi connectivity index (χ1v) is 12.8. The molecule has 0 radical (unpaired) electrons. The number of hydroxylamine groups is 1. The van der Waals surface area contributed by atoms with Crippen molar-refractivity contribution in [2.75, 3.05) is 7.11 Å². The summed E-state index contributed by atoms with van der Waals surface area (Å²) in [7, 11) is 1.00. The molecule has 188 valence electrons. The van der Waals surface area contributed by atoms with Crippen LogP contribution in [0.2, 0.25) is 0 Å². The van der Waals surface area contributed by atoms with Gasteiger partial charge < -0.3 is 16.2 Å². The maximum atomic E-state index is 12.4. The number of benzene rings is 1. The Kier molecular flexibility index (Phi) is 20.0. The molecule has 1 aromatic carbocycles. The van der Waals surface area contributed by atoms with E-state index in [1.165, 1.54) is 19.3 Å². The maximum Gasteiger partial charge on any atom is 0.267 e. The van der Waals surface area contributed by atoms with E-state index in [1.807, 2.05) is 27.7 Å². The molecule has 1 atom stereocenters. The number of nitrogens with one attached hydrogen (secondary N) is 2. The van der Waals surface area contributed by atoms with E-state index in [2.05, 4.69) is 40.5 Å². The molecular weight excluding hydrogens is 458 g/mol. The molecule has 7 nitrogen and oxygen atoms in total. The predicted octanol–water partition coefficient (Wildman–Crippen LogP) is 3.75. The molecule has 0 aromatic heterocycles. The fourth-order valence-electron chi connectivity index (χ4n) is 2.56. The van der Waals surface area contributed by atoms with Gasteiger partial charge in [0.2, 0.25) is 0 Å². The van der Waals surface area contributed by atoms with Gasteiger partial charge in [-0.25, -0.2) is 5.48 Å². The van der Waals surface area contributed by atoms with Gasteiger partial charge in [-0.1, -0.05) is 58.8 Å². The van der Waals surface area contributed by atoms with Crippen LogP contribution in [-0.2, 0) is 4.79 Å². The third-order valence-electron chi connectivity index (χ3n) is 4.51. The molecule has 33 heavy (non-hydrogen) atoms. The second-order valence-electron chi connectivity index (χ2n) is 7.53. The zero-order chi connectivity index (χ0) is 25.9. The van der Waals surface area contributed by atoms with Gasteiger partial charge in [0.1, 0.15) is 6.04 Å². The summed E-state index contributed by atoms with van der Waals surface area (Å²) in [6.07, 6.45) is 6.63. The number of nitrogens with two attached hydrogens (primary N) is 1. The number of hydrogen-bond donors (Lipinski definition) is 7. The van der Waals surface area contributed by atoms with Crippen LogP contribution in [0.5, 0.6) is 0 Å². The minimum absolute atomic E-state index is 0.272. The lowest BCUT2D eigenvalue weighted by Gasteiger charge is -2.43. The number of aliphatic hydroxyl groups is 1. The zero-order valence-electron chi connectivity index (χ0n) is 20.4. The highest BCUT2D eigenvalue weighted by molar-refractivity contribution is 8.59. The standard InChI is InChI=1S/C18H23N3O3.C3H6.C2H6.CH4O.H2S2/c1-12(2)4-5-13-6-8-14(9-7-13)16(22)20-15(17(23)21-24)18(19)10-3-11-18;1-2-3-1;3*1-2/h6-9,12,15,24H,3,10-11,19H2,1-2H3,(H,20,22)(H,21,23);1-3H2;1-2H3;2H,1H3;1-2H. The van der Waals surface area contributed by atoms with Gasteiger partial charge in [0.05, 0.1) is 0 Å². The van der Waals surface area contributed by atoms with Gasteiger partial charge in [-0.05, 0) is 43.5 Å². The molecule has 2 saturated carbocycles. The van der Waals surface area contributed by atoms with E-state index in [9.17, 15) is 9.59 Å². The highest BCUT2D eigenvalue weighted by atomic mass is 33.1. The number of aliphatic hydroxyl groups excluding tert-OH is 1. The SMILES string of the molecule is C1CC1.CC.CC(C)C#Cc1ccc(C(=O)NC(C(=O)NO)C2(N)CCC2)cc1.CO.SS. The van der Waals surface area contributed by atoms with E-state index in [0.29, 0.717) is 18.4 Å². The molecule has 2 amide bonds. The highest BCUT2D eigenvalue weighted by Gasteiger charge is 2.45. The monoisotopic (exact) mass is 499 g/mol. The number of amides is 2. The summed E-state index contributed by atoms with van der Waals surface area (Å²) in [5.74, 6) is 5.23. The lowest BCUT2D eigenvalue weighted by molar-refractivity contribution is -0.134. The second kappa shape index (κ2) is 19.7. The Balaban J connectivity index is 0. The van der Waals surface area contributed by atoms with Crippen molar-refractivity contribution in [3.05, 3.63) is 35.4 Å². The normalized spacial score (nSPS) is 14.6. The number of hydrogen-bond acceptors (Lipinski definition) is 7. The molecule has 0 aliphatic heterocycles. The maximum absolute atomic E-state index is 12.4. The molecule has 2 fully saturated rings. The minimum Gasteiger partial charge on any atom is -0.400 e. The molecule has 1 unspecified atom stereocenters. The van der Waals surface area contributed by atoms with Crippen molar-refractivity contribution in [3.63, 3.8) is 0 Å². The molecule has 0 saturated heterocycles. The molecule has 3 rings (SSSR count). The van der Waals surface area contributed by atoms with Crippen molar-refractivity contribution in [1.82, 2.24) is 10.8 Å². The van der Waals surface area contributed by atoms with E-state index in [4.69, 9.17) is 16.0 Å². The van der Waals surface area contributed by atoms with Crippen molar-refractivity contribution in [2.45, 2.75) is 77.8 Å². The smallest absolute Gasteiger partial charge is 0.267 e. The molecule has 0 bridgehead atoms. The van der Waals surface area contributed by atoms with Gasteiger partial charge in [0.25, 0.3) is 11.8 Å². The van der Waals surface area contributed by atoms with Gasteiger partial charge in [-0.3, -0.25) is 14.8 Å². The Labute approximate surface area is 209 Å². The molecule has 6 N–H and O–H groups in total. The molecule has 2 aliphatic rings. The van der Waals surface area contributed by atoms with Crippen LogP contribution >= 0.6 is 23.3 Å². The van der Waals surface area contributed by atoms with Crippen molar-refractivity contribution >= 4 is 35.1 Å². The van der Waals surface area contributed by atoms with Gasteiger partial charge in [-0.15, -0.1) is 23.3 Å². The van der Waals surface area contributed by atoms with Gasteiger partial charge in [0.15, 0.2) is 0 Å². The zero-order valence-corrected chi connectivity index (χ0v) is 22.2. The van der Waals surface area contributed by atoms with Crippen molar-refractivity contribution < 1.29 is 19.9 Å². The predicted molar refractivity (Wildman–Crippen MR) is 141 cm³/mol. The van der Waals surface area contributed by atoms with E-state index in [1.54, 1.807) is 29.7 Å². The van der Waals surface area contributed by atoms with Gasteiger partial charge in [-0.2, -0.15) is 0 Å². The molecule has 0 spiro atoms. The summed E-state index contributed by atoms with van der Waals surface area (Å²) < 4.78 is 0. The van der Waals surface area contributed by atoms with Crippen LogP contribution in [0.25, 0.3) is 0 Å². The third kappa shape index (κ3) is 13.6. The number of rotatable bonds is 4. The Bertz CT molecular complexity index is 723. The second-order valence-corrected chi connectivity index (χ2v) is 7.53. The third-order valence-corrected chi connectivity index (χ3v) is 4.51. The van der Waals surface area contributed by atoms with Crippen LogP contribution < -0.4 is 16.5 Å². The summed E-state index contributed by atoms with van der Waals surface area (Å²) in [6, 6.07) is 5.85. The minimum atomic E-state index is -0.968. The first kappa shape index (κ1) is 33.5. The fourth-order valence-corrected chi connectivity index (χ4v) is 2.56. The molecule has 2 aliphatic carbocycles. The Morgan fingerprint density at radius 3 is 1.85 bits per heavy atom. The number of thiol groups is 2. The lowest BCUT2D eigenvalue weighted by Crippen LogP contribution is -2.67. The summed E-state index contributed by atoms with van der Waals surface area (Å²) in [5.41, 5.74) is 8.13. The van der Waals surface area contributed by atoms with Gasteiger partial charge >= 0.3 is 0 Å². The van der Waals surface area contributed by atoms with Crippen LogP contribution in [0.4, 0.5) is 0 Å². The Morgan fingerprint density at radius 1 is 1.03 bits per heavy atom. The van der Waals surface area contributed by atoms with E-state index >= 15 is 0 Å². The average molecular weight is 500 g/mol. The average Bonchev–Trinajstić information content (AvgIpc) is 3.73.